The summed E-state index contributed by atoms with van der Waals surface area (Å²) in [5.41, 5.74) is 0.322. The highest BCUT2D eigenvalue weighted by Crippen LogP contribution is 2.23. The zero-order valence-corrected chi connectivity index (χ0v) is 10.8. The van der Waals surface area contributed by atoms with Crippen LogP contribution in [0, 0.1) is 0 Å². The Morgan fingerprint density at radius 2 is 2.22 bits per heavy atom. The number of hydrogen-bond acceptors (Lipinski definition) is 5. The molecule has 0 radical (unpaired) electrons. The van der Waals surface area contributed by atoms with Crippen molar-refractivity contribution in [1.82, 2.24) is 9.78 Å². The summed E-state index contributed by atoms with van der Waals surface area (Å²) in [7, 11) is -2.10. The molecule has 0 atom stereocenters. The van der Waals surface area contributed by atoms with E-state index in [0.29, 0.717) is 17.0 Å². The van der Waals surface area contributed by atoms with Crippen molar-refractivity contribution >= 4 is 33.0 Å². The Balaban J connectivity index is 2.27. The van der Waals surface area contributed by atoms with Crippen LogP contribution in [0.2, 0.25) is 0 Å². The van der Waals surface area contributed by atoms with Crippen molar-refractivity contribution in [2.45, 2.75) is 4.21 Å². The smallest absolute Gasteiger partial charge is 0.345 e. The van der Waals surface area contributed by atoms with E-state index in [2.05, 4.69) is 9.82 Å². The van der Waals surface area contributed by atoms with Gasteiger partial charge in [-0.15, -0.1) is 11.3 Å². The largest absolute Gasteiger partial charge is 0.477 e. The molecule has 0 aliphatic rings. The summed E-state index contributed by atoms with van der Waals surface area (Å²) < 4.78 is 27.5. The summed E-state index contributed by atoms with van der Waals surface area (Å²) in [5, 5.41) is 12.6. The first-order chi connectivity index (χ1) is 8.38. The summed E-state index contributed by atoms with van der Waals surface area (Å²) in [6, 6.07) is 2.51. The molecular formula is C9H9N3O4S2. The monoisotopic (exact) mass is 287 g/mol. The van der Waals surface area contributed by atoms with Gasteiger partial charge in [-0.2, -0.15) is 5.10 Å². The van der Waals surface area contributed by atoms with E-state index in [1.807, 2.05) is 0 Å². The number of carboxylic acids is 1. The third kappa shape index (κ3) is 2.51. The molecule has 9 heteroatoms. The topological polar surface area (TPSA) is 101 Å². The SMILES string of the molecule is Cn1cc(NS(=O)(=O)c2ccc(C(=O)O)s2)cn1. The van der Waals surface area contributed by atoms with Crippen LogP contribution < -0.4 is 4.72 Å². The van der Waals surface area contributed by atoms with E-state index in [1.54, 1.807) is 7.05 Å². The van der Waals surface area contributed by atoms with Crippen LogP contribution in [0.4, 0.5) is 5.69 Å². The molecule has 0 saturated heterocycles. The van der Waals surface area contributed by atoms with Crippen LogP contribution >= 0.6 is 11.3 Å². The van der Waals surface area contributed by atoms with Crippen LogP contribution in [0.3, 0.4) is 0 Å². The van der Waals surface area contributed by atoms with Crippen molar-refractivity contribution in [3.63, 3.8) is 0 Å². The van der Waals surface area contributed by atoms with E-state index in [0.717, 1.165) is 0 Å². The van der Waals surface area contributed by atoms with Gasteiger partial charge in [0.1, 0.15) is 9.09 Å². The average molecular weight is 287 g/mol. The van der Waals surface area contributed by atoms with Crippen LogP contribution in [-0.4, -0.2) is 29.3 Å². The fraction of sp³-hybridized carbons (Fsp3) is 0.111. The molecular weight excluding hydrogens is 278 g/mol. The molecule has 0 amide bonds. The Kier molecular flexibility index (Phi) is 3.09. The van der Waals surface area contributed by atoms with Crippen LogP contribution in [0.15, 0.2) is 28.7 Å². The minimum absolute atomic E-state index is 0.0263. The molecule has 2 rings (SSSR count). The maximum Gasteiger partial charge on any atom is 0.345 e. The molecule has 2 heterocycles. The van der Waals surface area contributed by atoms with Gasteiger partial charge < -0.3 is 5.11 Å². The van der Waals surface area contributed by atoms with Crippen molar-refractivity contribution in [1.29, 1.82) is 0 Å². The molecule has 7 nitrogen and oxygen atoms in total. The Hall–Kier alpha value is -1.87. The normalized spacial score (nSPS) is 11.4. The van der Waals surface area contributed by atoms with Gasteiger partial charge in [0.05, 0.1) is 11.9 Å². The van der Waals surface area contributed by atoms with Crippen LogP contribution in [0.1, 0.15) is 9.67 Å². The van der Waals surface area contributed by atoms with Gasteiger partial charge in [0.15, 0.2) is 0 Å². The molecule has 18 heavy (non-hydrogen) atoms. The lowest BCUT2D eigenvalue weighted by Crippen LogP contribution is -2.10. The second kappa shape index (κ2) is 4.42. The molecule has 0 fully saturated rings. The predicted octanol–water partition coefficient (Wildman–Crippen LogP) is 0.981. The van der Waals surface area contributed by atoms with Crippen molar-refractivity contribution in [2.24, 2.45) is 7.05 Å². The Morgan fingerprint density at radius 1 is 1.50 bits per heavy atom. The van der Waals surface area contributed by atoms with Gasteiger partial charge >= 0.3 is 5.97 Å². The lowest BCUT2D eigenvalue weighted by atomic mass is 10.5. The molecule has 0 unspecified atom stereocenters. The van der Waals surface area contributed by atoms with Crippen LogP contribution in [0.25, 0.3) is 0 Å². The summed E-state index contributed by atoms with van der Waals surface area (Å²) in [4.78, 5) is 10.7. The molecule has 2 aromatic heterocycles. The number of aryl methyl sites for hydroxylation is 1. The highest BCUT2D eigenvalue weighted by molar-refractivity contribution is 7.94. The zero-order chi connectivity index (χ0) is 13.3. The molecule has 0 aliphatic carbocycles. The quantitative estimate of drug-likeness (QED) is 0.873. The molecule has 0 aromatic carbocycles. The van der Waals surface area contributed by atoms with E-state index in [1.165, 1.54) is 29.2 Å². The summed E-state index contributed by atoms with van der Waals surface area (Å²) in [6.07, 6.45) is 2.87. The maximum atomic E-state index is 11.9. The van der Waals surface area contributed by atoms with Gasteiger partial charge in [0.2, 0.25) is 0 Å². The number of sulfonamides is 1. The van der Waals surface area contributed by atoms with E-state index in [-0.39, 0.29) is 9.09 Å². The molecule has 0 aliphatic heterocycles. The van der Waals surface area contributed by atoms with E-state index >= 15 is 0 Å². The second-order valence-corrected chi connectivity index (χ2v) is 6.43. The average Bonchev–Trinajstić information content (AvgIpc) is 2.86. The molecule has 96 valence electrons. The van der Waals surface area contributed by atoms with Gasteiger partial charge in [-0.05, 0) is 12.1 Å². The minimum atomic E-state index is -3.76. The minimum Gasteiger partial charge on any atom is -0.477 e. The zero-order valence-electron chi connectivity index (χ0n) is 9.19. The van der Waals surface area contributed by atoms with Crippen LogP contribution in [0.5, 0.6) is 0 Å². The number of anilines is 1. The van der Waals surface area contributed by atoms with Crippen LogP contribution in [-0.2, 0) is 17.1 Å². The summed E-state index contributed by atoms with van der Waals surface area (Å²) in [5.74, 6) is -1.15. The number of nitrogens with zero attached hydrogens (tertiary/aromatic N) is 2. The standard InChI is InChI=1S/C9H9N3O4S2/c1-12-5-6(4-10-12)11-18(15,16)8-3-2-7(17-8)9(13)14/h2-5,11H,1H3,(H,13,14). The lowest BCUT2D eigenvalue weighted by Gasteiger charge is -2.02. The second-order valence-electron chi connectivity index (χ2n) is 3.43. The highest BCUT2D eigenvalue weighted by Gasteiger charge is 2.19. The van der Waals surface area contributed by atoms with Crippen molar-refractivity contribution in [2.75, 3.05) is 4.72 Å². The first kappa shape index (κ1) is 12.6. The lowest BCUT2D eigenvalue weighted by molar-refractivity contribution is 0.0702. The van der Waals surface area contributed by atoms with Gasteiger partial charge in [0, 0.05) is 13.2 Å². The number of thiophene rings is 1. The maximum absolute atomic E-state index is 11.9. The number of hydrogen-bond donors (Lipinski definition) is 2. The number of carbonyl (C=O) groups is 1. The first-order valence-corrected chi connectivity index (χ1v) is 7.03. The van der Waals surface area contributed by atoms with Gasteiger partial charge in [0.25, 0.3) is 10.0 Å². The van der Waals surface area contributed by atoms with Crippen molar-refractivity contribution in [3.8, 4) is 0 Å². The van der Waals surface area contributed by atoms with Crippen molar-refractivity contribution < 1.29 is 18.3 Å². The number of rotatable bonds is 4. The van der Waals surface area contributed by atoms with Gasteiger partial charge in [-0.25, -0.2) is 13.2 Å². The molecule has 0 spiro atoms. The van der Waals surface area contributed by atoms with Crippen molar-refractivity contribution in [3.05, 3.63) is 29.4 Å². The molecule has 0 saturated carbocycles. The fourth-order valence-corrected chi connectivity index (χ4v) is 3.43. The summed E-state index contributed by atoms with van der Waals surface area (Å²) in [6.45, 7) is 0. The predicted molar refractivity (Wildman–Crippen MR) is 65.3 cm³/mol. The highest BCUT2D eigenvalue weighted by atomic mass is 32.2. The van der Waals surface area contributed by atoms with E-state index in [9.17, 15) is 13.2 Å². The van der Waals surface area contributed by atoms with Gasteiger partial charge in [-0.1, -0.05) is 0 Å². The van der Waals surface area contributed by atoms with E-state index < -0.39 is 16.0 Å². The number of aromatic carboxylic acids is 1. The fourth-order valence-electron chi connectivity index (χ4n) is 1.26. The molecule has 2 N–H and O–H groups in total. The first-order valence-electron chi connectivity index (χ1n) is 4.73. The van der Waals surface area contributed by atoms with E-state index in [4.69, 9.17) is 5.11 Å². The Bertz CT molecular complexity index is 686. The Labute approximate surface area is 107 Å². The molecule has 2 aromatic rings. The third-order valence-electron chi connectivity index (χ3n) is 2.01. The summed E-state index contributed by atoms with van der Waals surface area (Å²) >= 11 is 0.697. The number of aromatic nitrogens is 2. The number of nitrogens with one attached hydrogen (secondary N) is 1. The van der Waals surface area contributed by atoms with Gasteiger partial charge in [-0.3, -0.25) is 9.40 Å². The molecule has 0 bridgehead atoms. The Morgan fingerprint density at radius 3 is 2.72 bits per heavy atom. The number of carboxylic acid groups (broad SMARTS) is 1. The third-order valence-corrected chi connectivity index (χ3v) is 4.96.